The minimum Gasteiger partial charge on any atom is -0.486 e. The third kappa shape index (κ3) is 4.09. The van der Waals surface area contributed by atoms with Gasteiger partial charge in [0, 0.05) is 37.2 Å². The number of anilines is 1. The van der Waals surface area contributed by atoms with E-state index in [4.69, 9.17) is 4.74 Å². The molecule has 5 rings (SSSR count). The van der Waals surface area contributed by atoms with Crippen molar-refractivity contribution >= 4 is 27.5 Å². The molecule has 1 atom stereocenters. The van der Waals surface area contributed by atoms with Crippen LogP contribution in [0.3, 0.4) is 0 Å². The minimum absolute atomic E-state index is 0.187. The molecule has 1 fully saturated rings. The second kappa shape index (κ2) is 8.36. The topological polar surface area (TPSA) is 106 Å². The van der Waals surface area contributed by atoms with Gasteiger partial charge in [-0.25, -0.2) is 4.98 Å². The number of amides is 1. The molecule has 0 bridgehead atoms. The van der Waals surface area contributed by atoms with Crippen molar-refractivity contribution in [3.05, 3.63) is 72.3 Å². The highest BCUT2D eigenvalue weighted by Crippen LogP contribution is 2.31. The number of hydrogen-bond acceptors (Lipinski definition) is 6. The molecule has 2 aromatic carbocycles. The van der Waals surface area contributed by atoms with Gasteiger partial charge in [-0.05, 0) is 49.2 Å². The van der Waals surface area contributed by atoms with Gasteiger partial charge in [0.1, 0.15) is 29.1 Å². The summed E-state index contributed by atoms with van der Waals surface area (Å²) in [6.07, 6.45) is 4.97. The van der Waals surface area contributed by atoms with Crippen molar-refractivity contribution in [2.45, 2.75) is 30.4 Å². The van der Waals surface area contributed by atoms with Gasteiger partial charge < -0.3 is 19.5 Å². The minimum atomic E-state index is -3.73. The van der Waals surface area contributed by atoms with Crippen molar-refractivity contribution in [3.63, 3.8) is 0 Å². The number of nitrogens with one attached hydrogen (secondary N) is 1. The summed E-state index contributed by atoms with van der Waals surface area (Å²) < 4.78 is 36.5. The summed E-state index contributed by atoms with van der Waals surface area (Å²) in [5.74, 6) is 1.63. The summed E-state index contributed by atoms with van der Waals surface area (Å²) >= 11 is 0. The number of imidazole rings is 1. The van der Waals surface area contributed by atoms with Gasteiger partial charge in [0.15, 0.2) is 5.84 Å². The lowest BCUT2D eigenvalue weighted by Crippen LogP contribution is -2.43. The molecule has 33 heavy (non-hydrogen) atoms. The Morgan fingerprint density at radius 1 is 1.18 bits per heavy atom. The fourth-order valence-electron chi connectivity index (χ4n) is 4.13. The third-order valence-corrected chi connectivity index (χ3v) is 7.18. The van der Waals surface area contributed by atoms with Gasteiger partial charge in [0.25, 0.3) is 10.0 Å². The predicted molar refractivity (Wildman–Crippen MR) is 123 cm³/mol. The number of benzene rings is 2. The zero-order valence-corrected chi connectivity index (χ0v) is 18.8. The first-order valence-electron chi connectivity index (χ1n) is 10.6. The van der Waals surface area contributed by atoms with Gasteiger partial charge in [-0.3, -0.25) is 4.79 Å². The molecule has 0 spiro atoms. The molecule has 0 aliphatic carbocycles. The number of sulfonamides is 1. The number of aryl methyl sites for hydroxylation is 1. The molecule has 0 saturated carbocycles. The molecule has 0 radical (unpaired) electrons. The van der Waals surface area contributed by atoms with Crippen LogP contribution >= 0.6 is 0 Å². The number of likely N-dealkylation sites (tertiary alicyclic amines) is 1. The SMILES string of the molecule is Cn1ccnc1COc1ccc(NC(=O)[C@@H]2CCCN2C2=NS(=O)(=O)c3ccccc32)cc1. The maximum atomic E-state index is 13.1. The van der Waals surface area contributed by atoms with E-state index < -0.39 is 16.1 Å². The average molecular weight is 466 g/mol. The Bertz CT molecular complexity index is 1330. The van der Waals surface area contributed by atoms with E-state index in [9.17, 15) is 13.2 Å². The second-order valence-electron chi connectivity index (χ2n) is 7.99. The van der Waals surface area contributed by atoms with Gasteiger partial charge in [-0.15, -0.1) is 4.40 Å². The van der Waals surface area contributed by atoms with Gasteiger partial charge in [0.05, 0.1) is 0 Å². The van der Waals surface area contributed by atoms with Crippen LogP contribution in [0.2, 0.25) is 0 Å². The first-order valence-corrected chi connectivity index (χ1v) is 12.1. The molecule has 1 amide bonds. The van der Waals surface area contributed by atoms with Crippen LogP contribution in [0.4, 0.5) is 5.69 Å². The first kappa shape index (κ1) is 21.2. The Morgan fingerprint density at radius 3 is 2.73 bits per heavy atom. The van der Waals surface area contributed by atoms with Crippen molar-refractivity contribution in [3.8, 4) is 5.75 Å². The summed E-state index contributed by atoms with van der Waals surface area (Å²) in [6, 6.07) is 13.4. The maximum absolute atomic E-state index is 13.1. The predicted octanol–water partition coefficient (Wildman–Crippen LogP) is 2.55. The number of hydrogen-bond donors (Lipinski definition) is 1. The molecule has 1 aromatic heterocycles. The fourth-order valence-corrected chi connectivity index (χ4v) is 5.35. The van der Waals surface area contributed by atoms with Crippen molar-refractivity contribution in [1.29, 1.82) is 0 Å². The highest BCUT2D eigenvalue weighted by molar-refractivity contribution is 7.90. The van der Waals surface area contributed by atoms with E-state index in [0.717, 1.165) is 12.2 Å². The number of carbonyl (C=O) groups excluding carboxylic acids is 1. The molecule has 1 saturated heterocycles. The maximum Gasteiger partial charge on any atom is 0.285 e. The van der Waals surface area contributed by atoms with Gasteiger partial charge in [-0.2, -0.15) is 8.42 Å². The van der Waals surface area contributed by atoms with Crippen LogP contribution in [-0.4, -0.2) is 47.2 Å². The lowest BCUT2D eigenvalue weighted by atomic mass is 10.1. The Hall–Kier alpha value is -3.66. The summed E-state index contributed by atoms with van der Waals surface area (Å²) in [5, 5.41) is 2.93. The molecule has 10 heteroatoms. The van der Waals surface area contributed by atoms with E-state index in [1.54, 1.807) is 59.6 Å². The number of fused-ring (bicyclic) bond motifs is 1. The first-order chi connectivity index (χ1) is 15.9. The van der Waals surface area contributed by atoms with Crippen LogP contribution in [0, 0.1) is 0 Å². The average Bonchev–Trinajstić information content (AvgIpc) is 3.51. The lowest BCUT2D eigenvalue weighted by molar-refractivity contribution is -0.119. The van der Waals surface area contributed by atoms with Gasteiger partial charge >= 0.3 is 0 Å². The molecule has 2 aliphatic heterocycles. The van der Waals surface area contributed by atoms with Crippen LogP contribution in [-0.2, 0) is 28.5 Å². The quantitative estimate of drug-likeness (QED) is 0.621. The summed E-state index contributed by atoms with van der Waals surface area (Å²) in [4.78, 5) is 19.3. The fraction of sp³-hybridized carbons (Fsp3) is 0.261. The number of ether oxygens (including phenoxy) is 1. The summed E-state index contributed by atoms with van der Waals surface area (Å²) in [7, 11) is -1.83. The normalized spacial score (nSPS) is 18.6. The molecule has 0 unspecified atom stereocenters. The van der Waals surface area contributed by atoms with Crippen molar-refractivity contribution in [2.24, 2.45) is 11.4 Å². The smallest absolute Gasteiger partial charge is 0.285 e. The van der Waals surface area contributed by atoms with Crippen LogP contribution in [0.25, 0.3) is 0 Å². The number of carbonyl (C=O) groups is 1. The Labute approximate surface area is 191 Å². The van der Waals surface area contributed by atoms with E-state index >= 15 is 0 Å². The lowest BCUT2D eigenvalue weighted by Gasteiger charge is -2.25. The highest BCUT2D eigenvalue weighted by atomic mass is 32.2. The second-order valence-corrected chi connectivity index (χ2v) is 9.57. The van der Waals surface area contributed by atoms with E-state index in [2.05, 4.69) is 14.7 Å². The molecule has 170 valence electrons. The van der Waals surface area contributed by atoms with Gasteiger partial charge in [0.2, 0.25) is 5.91 Å². The molecule has 9 nitrogen and oxygen atoms in total. The van der Waals surface area contributed by atoms with Crippen molar-refractivity contribution in [1.82, 2.24) is 14.5 Å². The number of amidine groups is 1. The van der Waals surface area contributed by atoms with E-state index in [1.165, 1.54) is 0 Å². The highest BCUT2D eigenvalue weighted by Gasteiger charge is 2.39. The molecular formula is C23H23N5O4S. The van der Waals surface area contributed by atoms with Crippen LogP contribution in [0.5, 0.6) is 5.75 Å². The Morgan fingerprint density at radius 2 is 1.97 bits per heavy atom. The van der Waals surface area contributed by atoms with E-state index in [1.807, 2.05) is 17.8 Å². The zero-order chi connectivity index (χ0) is 23.0. The number of aromatic nitrogens is 2. The third-order valence-electron chi connectivity index (χ3n) is 5.85. The van der Waals surface area contributed by atoms with E-state index in [0.29, 0.717) is 42.4 Å². The van der Waals surface area contributed by atoms with Crippen LogP contribution in [0.15, 0.2) is 70.2 Å². The molecule has 3 heterocycles. The zero-order valence-electron chi connectivity index (χ0n) is 18.0. The molecule has 3 aromatic rings. The Balaban J connectivity index is 1.27. The van der Waals surface area contributed by atoms with Gasteiger partial charge in [-0.1, -0.05) is 12.1 Å². The molecule has 1 N–H and O–H groups in total. The van der Waals surface area contributed by atoms with Crippen molar-refractivity contribution in [2.75, 3.05) is 11.9 Å². The molecular weight excluding hydrogens is 442 g/mol. The monoisotopic (exact) mass is 465 g/mol. The largest absolute Gasteiger partial charge is 0.486 e. The van der Waals surface area contributed by atoms with Crippen LogP contribution < -0.4 is 10.1 Å². The summed E-state index contributed by atoms with van der Waals surface area (Å²) in [6.45, 7) is 0.916. The Kier molecular flexibility index (Phi) is 5.37. The van der Waals surface area contributed by atoms with Crippen molar-refractivity contribution < 1.29 is 17.9 Å². The number of nitrogens with zero attached hydrogens (tertiary/aromatic N) is 4. The van der Waals surface area contributed by atoms with E-state index in [-0.39, 0.29) is 10.8 Å². The number of rotatable bonds is 5. The standard InChI is InChI=1S/C23H23N5O4S/c1-27-14-12-24-21(27)15-32-17-10-8-16(9-11-17)25-23(29)19-6-4-13-28(19)22-18-5-2-3-7-20(18)33(30,31)26-22/h2-3,5,7-12,14,19H,4,6,13,15H2,1H3,(H,25,29)/t19-/m0/s1. The van der Waals surface area contributed by atoms with Crippen LogP contribution in [0.1, 0.15) is 24.2 Å². The molecule has 2 aliphatic rings. The summed E-state index contributed by atoms with van der Waals surface area (Å²) in [5.41, 5.74) is 1.18.